The fourth-order valence-corrected chi connectivity index (χ4v) is 7.49. The zero-order chi connectivity index (χ0) is 39.9. The largest absolute Gasteiger partial charge is 0.486 e. The smallest absolute Gasteiger partial charge is 0.416 e. The minimum Gasteiger partial charge on any atom is -0.486 e. The van der Waals surface area contributed by atoms with Gasteiger partial charge in [0.2, 0.25) is 21.7 Å². The van der Waals surface area contributed by atoms with Crippen LogP contribution in [0.5, 0.6) is 11.5 Å². The zero-order valence-corrected chi connectivity index (χ0v) is 31.5. The van der Waals surface area contributed by atoms with Gasteiger partial charge in [-0.2, -0.15) is 22.7 Å². The number of ether oxygens (including phenoxy) is 2. The topological polar surface area (TPSA) is 169 Å². The van der Waals surface area contributed by atoms with Crippen molar-refractivity contribution >= 4 is 56.3 Å². The SMILES string of the molecule is CCc1c(N2CCN(C(=O)c3ccccc3NS(C)(=O)=O)CC2)c(=O)n2nc(-c3cccc4c3OCCO4)nc2n1CC(=O)Nc1ccc(C(F)(F)F)cc1Cl. The Balaban J connectivity index is 1.25. The van der Waals surface area contributed by atoms with Crippen molar-refractivity contribution in [2.75, 3.05) is 60.6 Å². The number of piperazine rings is 1. The molecule has 2 amide bonds. The molecule has 7 rings (SSSR count). The summed E-state index contributed by atoms with van der Waals surface area (Å²) >= 11 is 6.15. The van der Waals surface area contributed by atoms with Gasteiger partial charge in [0.25, 0.3) is 11.5 Å². The summed E-state index contributed by atoms with van der Waals surface area (Å²) in [6, 6.07) is 14.0. The molecule has 0 bridgehead atoms. The second-order valence-electron chi connectivity index (χ2n) is 13.0. The Morgan fingerprint density at radius 3 is 2.39 bits per heavy atom. The number of sulfonamides is 1. The van der Waals surface area contributed by atoms with Crippen molar-refractivity contribution < 1.29 is 40.7 Å². The lowest BCUT2D eigenvalue weighted by atomic mass is 10.1. The highest BCUT2D eigenvalue weighted by molar-refractivity contribution is 7.92. The predicted octanol–water partition coefficient (Wildman–Crippen LogP) is 4.54. The molecule has 1 saturated heterocycles. The number of para-hydroxylation sites is 2. The third-order valence-corrected chi connectivity index (χ3v) is 10.1. The van der Waals surface area contributed by atoms with Crippen molar-refractivity contribution in [2.45, 2.75) is 26.1 Å². The van der Waals surface area contributed by atoms with Gasteiger partial charge in [-0.05, 0) is 48.9 Å². The molecule has 3 aromatic carbocycles. The molecule has 0 spiro atoms. The highest BCUT2D eigenvalue weighted by Gasteiger charge is 2.32. The van der Waals surface area contributed by atoms with Gasteiger partial charge in [0.15, 0.2) is 17.3 Å². The molecule has 15 nitrogen and oxygen atoms in total. The van der Waals surface area contributed by atoms with Crippen LogP contribution in [0.3, 0.4) is 0 Å². The van der Waals surface area contributed by atoms with Crippen molar-refractivity contribution in [2.24, 2.45) is 0 Å². The number of halogens is 4. The molecule has 0 aliphatic carbocycles. The zero-order valence-electron chi connectivity index (χ0n) is 29.9. The second-order valence-corrected chi connectivity index (χ2v) is 15.1. The van der Waals surface area contributed by atoms with Crippen LogP contribution in [0, 0.1) is 0 Å². The van der Waals surface area contributed by atoms with E-state index in [1.54, 1.807) is 47.1 Å². The van der Waals surface area contributed by atoms with Crippen LogP contribution in [0.4, 0.5) is 30.2 Å². The standard InChI is InChI=1S/C36H34ClF3N8O7S/c1-3-27-30(45-13-15-46(16-14-45)33(50)22-7-4-5-9-25(22)44-56(2,52)53)34(51)48-35(42-32(43-48)23-8-6-10-28-31(23)55-18-17-54-28)47(27)20-29(49)41-26-12-11-21(19-24(26)37)36(38,39)40/h4-12,19,44H,3,13-18,20H2,1-2H3,(H,41,49). The molecule has 56 heavy (non-hydrogen) atoms. The average molecular weight is 815 g/mol. The van der Waals surface area contributed by atoms with Crippen LogP contribution in [0.1, 0.15) is 28.5 Å². The molecule has 2 aromatic heterocycles. The first kappa shape index (κ1) is 38.5. The van der Waals surface area contributed by atoms with E-state index in [0.717, 1.165) is 22.9 Å². The van der Waals surface area contributed by atoms with E-state index >= 15 is 0 Å². The summed E-state index contributed by atoms with van der Waals surface area (Å²) in [5.41, 5.74) is -0.215. The van der Waals surface area contributed by atoms with Crippen molar-refractivity contribution in [1.82, 2.24) is 24.1 Å². The molecule has 4 heterocycles. The molecule has 0 unspecified atom stereocenters. The molecule has 2 N–H and O–H groups in total. The van der Waals surface area contributed by atoms with Gasteiger partial charge in [0.1, 0.15) is 25.4 Å². The van der Waals surface area contributed by atoms with E-state index in [2.05, 4.69) is 15.1 Å². The van der Waals surface area contributed by atoms with Crippen molar-refractivity contribution in [3.8, 4) is 22.9 Å². The molecular weight excluding hydrogens is 781 g/mol. The number of benzene rings is 3. The van der Waals surface area contributed by atoms with Crippen LogP contribution in [0.25, 0.3) is 17.2 Å². The van der Waals surface area contributed by atoms with E-state index in [0.29, 0.717) is 35.4 Å². The van der Waals surface area contributed by atoms with Crippen LogP contribution in [-0.2, 0) is 34.0 Å². The number of nitrogens with zero attached hydrogens (tertiary/aromatic N) is 6. The summed E-state index contributed by atoms with van der Waals surface area (Å²) in [6.45, 7) is 2.66. The number of alkyl halides is 3. The van der Waals surface area contributed by atoms with Crippen LogP contribution >= 0.6 is 11.6 Å². The van der Waals surface area contributed by atoms with Gasteiger partial charge in [-0.3, -0.25) is 19.1 Å². The van der Waals surface area contributed by atoms with Gasteiger partial charge < -0.3 is 29.2 Å². The fraction of sp³-hybridized carbons (Fsp3) is 0.306. The number of anilines is 3. The third kappa shape index (κ3) is 7.68. The van der Waals surface area contributed by atoms with Crippen LogP contribution in [0.2, 0.25) is 5.02 Å². The highest BCUT2D eigenvalue weighted by Crippen LogP contribution is 2.39. The molecule has 0 saturated carbocycles. The van der Waals surface area contributed by atoms with Gasteiger partial charge in [0, 0.05) is 26.2 Å². The molecule has 20 heteroatoms. The summed E-state index contributed by atoms with van der Waals surface area (Å²) in [6.07, 6.45) is -3.41. The summed E-state index contributed by atoms with van der Waals surface area (Å²) in [7, 11) is -3.67. The number of carbonyl (C=O) groups excluding carboxylic acids is 2. The first-order chi connectivity index (χ1) is 26.6. The van der Waals surface area contributed by atoms with E-state index in [9.17, 15) is 36.0 Å². The molecule has 0 radical (unpaired) electrons. The first-order valence-electron chi connectivity index (χ1n) is 17.3. The quantitative estimate of drug-likeness (QED) is 0.216. The number of carbonyl (C=O) groups is 2. The van der Waals surface area contributed by atoms with Gasteiger partial charge >= 0.3 is 6.18 Å². The molecular formula is C36H34ClF3N8O7S. The average Bonchev–Trinajstić information content (AvgIpc) is 3.61. The number of amides is 2. The molecule has 2 aliphatic heterocycles. The summed E-state index contributed by atoms with van der Waals surface area (Å²) in [5, 5.41) is 6.82. The number of rotatable bonds is 9. The van der Waals surface area contributed by atoms with E-state index < -0.39 is 45.7 Å². The maximum Gasteiger partial charge on any atom is 0.416 e. The Bertz CT molecular complexity index is 2540. The van der Waals surface area contributed by atoms with Gasteiger partial charge in [-0.15, -0.1) is 5.10 Å². The Labute approximate surface area is 322 Å². The van der Waals surface area contributed by atoms with Gasteiger partial charge in [0.05, 0.1) is 45.0 Å². The predicted molar refractivity (Wildman–Crippen MR) is 201 cm³/mol. The normalized spacial score (nSPS) is 14.5. The van der Waals surface area contributed by atoms with Gasteiger partial charge in [-0.1, -0.05) is 36.7 Å². The van der Waals surface area contributed by atoms with Crippen LogP contribution < -0.4 is 30.0 Å². The first-order valence-corrected chi connectivity index (χ1v) is 19.6. The van der Waals surface area contributed by atoms with Crippen LogP contribution in [-0.4, -0.2) is 89.9 Å². The minimum atomic E-state index is -4.64. The molecule has 1 fully saturated rings. The molecule has 5 aromatic rings. The lowest BCUT2D eigenvalue weighted by Crippen LogP contribution is -2.51. The maximum atomic E-state index is 14.4. The second kappa shape index (κ2) is 15.0. The number of hydrogen-bond acceptors (Lipinski definition) is 10. The van der Waals surface area contributed by atoms with E-state index in [4.69, 9.17) is 26.1 Å². The molecule has 294 valence electrons. The summed E-state index contributed by atoms with van der Waals surface area (Å²) in [5.74, 6) is -0.108. The van der Waals surface area contributed by atoms with Crippen molar-refractivity contribution in [1.29, 1.82) is 0 Å². The molecule has 2 aliphatic rings. The van der Waals surface area contributed by atoms with Crippen LogP contribution in [0.15, 0.2) is 65.5 Å². The number of hydrogen-bond donors (Lipinski definition) is 2. The number of fused-ring (bicyclic) bond motifs is 2. The van der Waals surface area contributed by atoms with E-state index in [-0.39, 0.29) is 78.5 Å². The Kier molecular flexibility index (Phi) is 10.3. The number of nitrogens with one attached hydrogen (secondary N) is 2. The highest BCUT2D eigenvalue weighted by atomic mass is 35.5. The lowest BCUT2D eigenvalue weighted by molar-refractivity contribution is -0.137. The minimum absolute atomic E-state index is 0.0115. The summed E-state index contributed by atoms with van der Waals surface area (Å²) in [4.78, 5) is 49.7. The maximum absolute atomic E-state index is 14.4. The lowest BCUT2D eigenvalue weighted by Gasteiger charge is -2.37. The Morgan fingerprint density at radius 1 is 0.964 bits per heavy atom. The van der Waals surface area contributed by atoms with E-state index in [1.165, 1.54) is 16.7 Å². The van der Waals surface area contributed by atoms with Crippen molar-refractivity contribution in [3.63, 3.8) is 0 Å². The van der Waals surface area contributed by atoms with Crippen molar-refractivity contribution in [3.05, 3.63) is 92.9 Å². The third-order valence-electron chi connectivity index (χ3n) is 9.18. The monoisotopic (exact) mass is 814 g/mol. The number of aromatic nitrogens is 4. The Morgan fingerprint density at radius 2 is 1.70 bits per heavy atom. The summed E-state index contributed by atoms with van der Waals surface area (Å²) < 4.78 is 80.3. The molecule has 0 atom stereocenters. The Hall–Kier alpha value is -5.82. The van der Waals surface area contributed by atoms with E-state index in [1.807, 2.05) is 0 Å². The van der Waals surface area contributed by atoms with Gasteiger partial charge in [-0.25, -0.2) is 8.42 Å². The fourth-order valence-electron chi connectivity index (χ4n) is 6.68.